The molecule has 0 saturated carbocycles. The summed E-state index contributed by atoms with van der Waals surface area (Å²) in [5.74, 6) is -1.22. The van der Waals surface area contributed by atoms with Crippen molar-refractivity contribution in [2.24, 2.45) is 0 Å². The van der Waals surface area contributed by atoms with Gasteiger partial charge >= 0.3 is 0 Å². The van der Waals surface area contributed by atoms with E-state index in [2.05, 4.69) is 20.8 Å². The molecule has 2 aromatic rings. The van der Waals surface area contributed by atoms with Crippen LogP contribution in [0, 0.1) is 0 Å². The molecule has 142 valence electrons. The van der Waals surface area contributed by atoms with E-state index in [4.69, 9.17) is 0 Å². The van der Waals surface area contributed by atoms with Crippen LogP contribution in [0.5, 0.6) is 0 Å². The topological polar surface area (TPSA) is 123 Å². The molecular formula is C17H19N5O4S. The molecule has 1 aliphatic heterocycles. The van der Waals surface area contributed by atoms with Gasteiger partial charge in [0.2, 0.25) is 11.8 Å². The Labute approximate surface area is 156 Å². The predicted molar refractivity (Wildman–Crippen MR) is 98.0 cm³/mol. The molecule has 2 atom stereocenters. The van der Waals surface area contributed by atoms with Crippen molar-refractivity contribution in [3.63, 3.8) is 0 Å². The van der Waals surface area contributed by atoms with Crippen LogP contribution in [0.15, 0.2) is 49.1 Å². The maximum atomic E-state index is 12.1. The highest BCUT2D eigenvalue weighted by Gasteiger charge is 2.39. The molecule has 0 aliphatic carbocycles. The zero-order valence-electron chi connectivity index (χ0n) is 14.4. The summed E-state index contributed by atoms with van der Waals surface area (Å²) in [6.45, 7) is -0.0296. The lowest BCUT2D eigenvalue weighted by atomic mass is 10.1. The minimum atomic E-state index is -3.35. The summed E-state index contributed by atoms with van der Waals surface area (Å²) in [7, 11) is -3.35. The second kappa shape index (κ2) is 8.12. The third-order valence-electron chi connectivity index (χ3n) is 4.05. The molecule has 27 heavy (non-hydrogen) atoms. The number of benzene rings is 1. The van der Waals surface area contributed by atoms with Crippen LogP contribution in [0.25, 0.3) is 6.08 Å². The van der Waals surface area contributed by atoms with Crippen LogP contribution in [0.1, 0.15) is 5.56 Å². The molecule has 1 aliphatic rings. The highest BCUT2D eigenvalue weighted by molar-refractivity contribution is 7.91. The molecule has 0 bridgehead atoms. The summed E-state index contributed by atoms with van der Waals surface area (Å²) in [4.78, 5) is 24.3. The first-order valence-electron chi connectivity index (χ1n) is 8.27. The van der Waals surface area contributed by atoms with Gasteiger partial charge in [0, 0.05) is 6.08 Å². The fraction of sp³-hybridized carbons (Fsp3) is 0.294. The second-order valence-electron chi connectivity index (χ2n) is 6.24. The van der Waals surface area contributed by atoms with Crippen molar-refractivity contribution in [3.05, 3.63) is 54.6 Å². The van der Waals surface area contributed by atoms with E-state index >= 15 is 0 Å². The van der Waals surface area contributed by atoms with Crippen LogP contribution < -0.4 is 10.6 Å². The molecule has 1 aromatic carbocycles. The van der Waals surface area contributed by atoms with Crippen LogP contribution in [0.4, 0.5) is 0 Å². The van der Waals surface area contributed by atoms with Crippen molar-refractivity contribution >= 4 is 27.7 Å². The van der Waals surface area contributed by atoms with Gasteiger partial charge in [0.15, 0.2) is 9.84 Å². The minimum absolute atomic E-state index is 0.0296. The minimum Gasteiger partial charge on any atom is -0.349 e. The molecule has 2 heterocycles. The monoisotopic (exact) mass is 389 g/mol. The van der Waals surface area contributed by atoms with Crippen LogP contribution in [0.2, 0.25) is 0 Å². The Morgan fingerprint density at radius 2 is 1.70 bits per heavy atom. The van der Waals surface area contributed by atoms with Crippen LogP contribution in [-0.4, -0.2) is 58.6 Å². The molecule has 1 saturated heterocycles. The Bertz CT molecular complexity index is 925. The maximum Gasteiger partial charge on any atom is 0.244 e. The van der Waals surface area contributed by atoms with Crippen LogP contribution in [-0.2, 0) is 26.0 Å². The van der Waals surface area contributed by atoms with Gasteiger partial charge in [0.1, 0.15) is 19.2 Å². The van der Waals surface area contributed by atoms with Crippen molar-refractivity contribution in [3.8, 4) is 0 Å². The van der Waals surface area contributed by atoms with E-state index in [1.807, 2.05) is 30.3 Å². The number of carbonyl (C=O) groups excluding carboxylic acids is 2. The van der Waals surface area contributed by atoms with Gasteiger partial charge in [0.05, 0.1) is 23.6 Å². The number of hydrogen-bond acceptors (Lipinski definition) is 6. The number of carbonyl (C=O) groups is 2. The van der Waals surface area contributed by atoms with Crippen LogP contribution >= 0.6 is 0 Å². The summed E-state index contributed by atoms with van der Waals surface area (Å²) in [5, 5.41) is 12.5. The van der Waals surface area contributed by atoms with Gasteiger partial charge in [0.25, 0.3) is 0 Å². The third kappa shape index (κ3) is 5.48. The Kier molecular flexibility index (Phi) is 5.65. The first kappa shape index (κ1) is 18.8. The van der Waals surface area contributed by atoms with E-state index in [1.165, 1.54) is 23.3 Å². The molecule has 2 N–H and O–H groups in total. The van der Waals surface area contributed by atoms with Gasteiger partial charge < -0.3 is 15.2 Å². The third-order valence-corrected chi connectivity index (χ3v) is 5.78. The Morgan fingerprint density at radius 1 is 1.07 bits per heavy atom. The van der Waals surface area contributed by atoms with Gasteiger partial charge in [-0.3, -0.25) is 9.59 Å². The molecule has 3 rings (SSSR count). The average Bonchev–Trinajstić information content (AvgIpc) is 3.21. The molecule has 1 fully saturated rings. The summed E-state index contributed by atoms with van der Waals surface area (Å²) in [5.41, 5.74) is 0.852. The molecule has 10 heteroatoms. The molecule has 0 unspecified atom stereocenters. The van der Waals surface area contributed by atoms with Crippen LogP contribution in [0.3, 0.4) is 0 Å². The zero-order chi connectivity index (χ0) is 19.3. The molecule has 2 amide bonds. The lowest BCUT2D eigenvalue weighted by Gasteiger charge is -2.20. The first-order valence-corrected chi connectivity index (χ1v) is 10.1. The summed E-state index contributed by atoms with van der Waals surface area (Å²) in [6, 6.07) is 7.88. The summed E-state index contributed by atoms with van der Waals surface area (Å²) >= 11 is 0. The fourth-order valence-electron chi connectivity index (χ4n) is 2.82. The Morgan fingerprint density at radius 3 is 2.37 bits per heavy atom. The number of hydrogen-bond donors (Lipinski definition) is 2. The van der Waals surface area contributed by atoms with E-state index < -0.39 is 27.8 Å². The lowest BCUT2D eigenvalue weighted by molar-refractivity contribution is -0.123. The lowest BCUT2D eigenvalue weighted by Crippen LogP contribution is -2.51. The van der Waals surface area contributed by atoms with Crippen molar-refractivity contribution in [1.82, 2.24) is 25.4 Å². The average molecular weight is 389 g/mol. The van der Waals surface area contributed by atoms with E-state index in [-0.39, 0.29) is 24.0 Å². The Hall–Kier alpha value is -3.01. The number of rotatable bonds is 6. The second-order valence-corrected chi connectivity index (χ2v) is 8.40. The van der Waals surface area contributed by atoms with Crippen molar-refractivity contribution in [2.45, 2.75) is 18.6 Å². The molecular weight excluding hydrogens is 370 g/mol. The van der Waals surface area contributed by atoms with E-state index in [1.54, 1.807) is 6.08 Å². The number of amides is 2. The van der Waals surface area contributed by atoms with Gasteiger partial charge in [-0.1, -0.05) is 30.3 Å². The molecule has 9 nitrogen and oxygen atoms in total. The van der Waals surface area contributed by atoms with Crippen molar-refractivity contribution < 1.29 is 18.0 Å². The SMILES string of the molecule is O=C(/C=C/c1ccccc1)N[C@@H]1CS(=O)(=O)C[C@H]1NC(=O)Cn1cnnc1. The summed E-state index contributed by atoms with van der Waals surface area (Å²) < 4.78 is 25.4. The van der Waals surface area contributed by atoms with Gasteiger partial charge in [-0.15, -0.1) is 10.2 Å². The summed E-state index contributed by atoms with van der Waals surface area (Å²) in [6.07, 6.45) is 5.76. The van der Waals surface area contributed by atoms with E-state index in [9.17, 15) is 18.0 Å². The largest absolute Gasteiger partial charge is 0.349 e. The fourth-order valence-corrected chi connectivity index (χ4v) is 4.68. The highest BCUT2D eigenvalue weighted by Crippen LogP contribution is 2.13. The van der Waals surface area contributed by atoms with E-state index in [0.29, 0.717) is 0 Å². The van der Waals surface area contributed by atoms with Crippen molar-refractivity contribution in [1.29, 1.82) is 0 Å². The molecule has 0 spiro atoms. The van der Waals surface area contributed by atoms with Gasteiger partial charge in [-0.05, 0) is 11.6 Å². The number of nitrogens with one attached hydrogen (secondary N) is 2. The molecule has 1 aromatic heterocycles. The van der Waals surface area contributed by atoms with E-state index in [0.717, 1.165) is 5.56 Å². The standard InChI is InChI=1S/C17H19N5O4S/c23-16(7-6-13-4-2-1-3-5-13)20-14-9-27(25,26)10-15(14)21-17(24)8-22-11-18-19-12-22/h1-7,11-12,14-15H,8-10H2,(H,20,23)(H,21,24)/b7-6+/t14-,15-/m1/s1. The number of nitrogens with zero attached hydrogens (tertiary/aromatic N) is 3. The van der Waals surface area contributed by atoms with Gasteiger partial charge in [-0.25, -0.2) is 8.42 Å². The predicted octanol–water partition coefficient (Wildman–Crippen LogP) is -0.610. The molecule has 0 radical (unpaired) electrons. The normalized spacial score (nSPS) is 21.2. The quantitative estimate of drug-likeness (QED) is 0.636. The maximum absolute atomic E-state index is 12.1. The zero-order valence-corrected chi connectivity index (χ0v) is 15.2. The van der Waals surface area contributed by atoms with Gasteiger partial charge in [-0.2, -0.15) is 0 Å². The van der Waals surface area contributed by atoms with Crippen molar-refractivity contribution in [2.75, 3.05) is 11.5 Å². The number of aromatic nitrogens is 3. The smallest absolute Gasteiger partial charge is 0.244 e. The first-order chi connectivity index (χ1) is 12.9. The number of sulfone groups is 1. The Balaban J connectivity index is 1.60. The highest BCUT2D eigenvalue weighted by atomic mass is 32.2.